The molecule has 0 aliphatic carbocycles. The molecule has 0 radical (unpaired) electrons. The second kappa shape index (κ2) is 11.0. The third kappa shape index (κ3) is 6.85. The second-order valence-corrected chi connectivity index (χ2v) is 9.19. The van der Waals surface area contributed by atoms with Crippen molar-refractivity contribution in [3.05, 3.63) is 71.3 Å². The lowest BCUT2D eigenvalue weighted by atomic mass is 10.1. The van der Waals surface area contributed by atoms with Gasteiger partial charge >= 0.3 is 0 Å². The van der Waals surface area contributed by atoms with Crippen molar-refractivity contribution in [2.75, 3.05) is 26.3 Å². The minimum Gasteiger partial charge on any atom is -0.379 e. The van der Waals surface area contributed by atoms with E-state index in [2.05, 4.69) is 10.5 Å². The van der Waals surface area contributed by atoms with Gasteiger partial charge in [-0.2, -0.15) is 9.41 Å². The predicted molar refractivity (Wildman–Crippen MR) is 121 cm³/mol. The zero-order valence-corrected chi connectivity index (χ0v) is 18.3. The van der Waals surface area contributed by atoms with Crippen LogP contribution >= 0.6 is 0 Å². The van der Waals surface area contributed by atoms with E-state index in [1.54, 1.807) is 30.5 Å². The molecule has 2 aromatic carbocycles. The molecule has 0 saturated carbocycles. The van der Waals surface area contributed by atoms with Crippen LogP contribution in [0.3, 0.4) is 0 Å². The van der Waals surface area contributed by atoms with E-state index in [4.69, 9.17) is 4.74 Å². The molecule has 0 spiro atoms. The molecule has 0 bridgehead atoms. The molecule has 1 fully saturated rings. The Morgan fingerprint density at radius 3 is 2.45 bits per heavy atom. The molecule has 1 aliphatic heterocycles. The van der Waals surface area contributed by atoms with E-state index in [9.17, 15) is 13.2 Å². The Morgan fingerprint density at radius 1 is 1.10 bits per heavy atom. The zero-order valence-electron chi connectivity index (χ0n) is 17.5. The number of hydrazone groups is 1. The van der Waals surface area contributed by atoms with E-state index in [0.717, 1.165) is 16.7 Å². The summed E-state index contributed by atoms with van der Waals surface area (Å²) >= 11 is 0. The Balaban J connectivity index is 1.47. The molecule has 2 aromatic rings. The molecule has 7 nitrogen and oxygen atoms in total. The number of sulfonamides is 1. The minimum atomic E-state index is -3.50. The van der Waals surface area contributed by atoms with Gasteiger partial charge in [-0.15, -0.1) is 0 Å². The van der Waals surface area contributed by atoms with E-state index in [1.807, 2.05) is 43.3 Å². The molecule has 0 unspecified atom stereocenters. The maximum Gasteiger partial charge on any atom is 0.243 e. The number of nitrogens with one attached hydrogen (secondary N) is 1. The molecule has 1 amide bonds. The fourth-order valence-electron chi connectivity index (χ4n) is 3.13. The van der Waals surface area contributed by atoms with Gasteiger partial charge in [0.2, 0.25) is 15.9 Å². The number of allylic oxidation sites excluding steroid dienone is 1. The first kappa shape index (κ1) is 22.9. The van der Waals surface area contributed by atoms with Crippen molar-refractivity contribution in [2.24, 2.45) is 5.10 Å². The third-order valence-corrected chi connectivity index (χ3v) is 6.74. The van der Waals surface area contributed by atoms with Gasteiger partial charge in [0.1, 0.15) is 0 Å². The number of morpholine rings is 1. The Labute approximate surface area is 183 Å². The van der Waals surface area contributed by atoms with Gasteiger partial charge in [0, 0.05) is 19.5 Å². The van der Waals surface area contributed by atoms with Crippen LogP contribution in [0.1, 0.15) is 24.5 Å². The number of ether oxygens (including phenoxy) is 1. The zero-order chi connectivity index (χ0) is 22.1. The second-order valence-electron chi connectivity index (χ2n) is 7.25. The summed E-state index contributed by atoms with van der Waals surface area (Å²) in [5.74, 6) is -0.200. The molecular weight excluding hydrogens is 414 g/mol. The highest BCUT2D eigenvalue weighted by Gasteiger charge is 2.26. The molecule has 1 aliphatic rings. The minimum absolute atomic E-state index is 0.200. The maximum atomic E-state index is 12.6. The van der Waals surface area contributed by atoms with Crippen molar-refractivity contribution in [3.63, 3.8) is 0 Å². The van der Waals surface area contributed by atoms with Crippen LogP contribution in [0.25, 0.3) is 6.08 Å². The smallest absolute Gasteiger partial charge is 0.243 e. The van der Waals surface area contributed by atoms with Gasteiger partial charge in [0.15, 0.2) is 0 Å². The number of aryl methyl sites for hydroxylation is 1. The highest BCUT2D eigenvalue weighted by molar-refractivity contribution is 7.89. The van der Waals surface area contributed by atoms with Gasteiger partial charge in [0.25, 0.3) is 0 Å². The van der Waals surface area contributed by atoms with Crippen molar-refractivity contribution < 1.29 is 17.9 Å². The summed E-state index contributed by atoms with van der Waals surface area (Å²) in [6.07, 6.45) is 4.34. The molecule has 164 valence electrons. The van der Waals surface area contributed by atoms with Crippen molar-refractivity contribution in [2.45, 2.75) is 24.7 Å². The highest BCUT2D eigenvalue weighted by Crippen LogP contribution is 2.18. The lowest BCUT2D eigenvalue weighted by molar-refractivity contribution is -0.121. The number of carbonyl (C=O) groups excluding carboxylic acids is 1. The number of nitrogens with zero attached hydrogens (tertiary/aromatic N) is 2. The predicted octanol–water partition coefficient (Wildman–Crippen LogP) is 2.85. The summed E-state index contributed by atoms with van der Waals surface area (Å²) in [5.41, 5.74) is 5.40. The molecule has 3 rings (SSSR count). The van der Waals surface area contributed by atoms with Gasteiger partial charge in [-0.3, -0.25) is 4.79 Å². The lowest BCUT2D eigenvalue weighted by Crippen LogP contribution is -2.40. The monoisotopic (exact) mass is 441 g/mol. The number of hydrogen-bond donors (Lipinski definition) is 1. The first-order valence-electron chi connectivity index (χ1n) is 10.2. The molecule has 0 aromatic heterocycles. The van der Waals surface area contributed by atoms with Crippen LogP contribution in [-0.2, 0) is 26.0 Å². The number of amides is 1. The first-order chi connectivity index (χ1) is 14.9. The van der Waals surface area contributed by atoms with Crippen LogP contribution in [0, 0.1) is 0 Å². The standard InChI is InChI=1S/C23H27N3O4S/c1-19(17-21-5-3-2-4-6-21)18-24-25-23(27)12-9-20-7-10-22(11-8-20)31(28,29)26-13-15-30-16-14-26/h2-8,10-11,17-18H,9,12-16H2,1H3,(H,25,27). The van der Waals surface area contributed by atoms with Crippen molar-refractivity contribution in [1.82, 2.24) is 9.73 Å². The number of hydrogen-bond acceptors (Lipinski definition) is 5. The summed E-state index contributed by atoms with van der Waals surface area (Å²) in [7, 11) is -3.50. The average molecular weight is 442 g/mol. The normalized spacial score (nSPS) is 15.8. The van der Waals surface area contributed by atoms with E-state index in [0.29, 0.717) is 32.7 Å². The summed E-state index contributed by atoms with van der Waals surface area (Å²) in [5, 5.41) is 3.99. The summed E-state index contributed by atoms with van der Waals surface area (Å²) < 4.78 is 31.9. The summed E-state index contributed by atoms with van der Waals surface area (Å²) in [6, 6.07) is 16.5. The van der Waals surface area contributed by atoms with Crippen LogP contribution in [-0.4, -0.2) is 51.1 Å². The lowest BCUT2D eigenvalue weighted by Gasteiger charge is -2.26. The van der Waals surface area contributed by atoms with Crippen molar-refractivity contribution >= 4 is 28.2 Å². The number of carbonyl (C=O) groups is 1. The first-order valence-corrected chi connectivity index (χ1v) is 11.6. The summed E-state index contributed by atoms with van der Waals surface area (Å²) in [6.45, 7) is 3.47. The SMILES string of the molecule is CC(C=NNC(=O)CCc1ccc(S(=O)(=O)N2CCOCC2)cc1)=Cc1ccccc1. The van der Waals surface area contributed by atoms with Crippen LogP contribution in [0.2, 0.25) is 0 Å². The maximum absolute atomic E-state index is 12.6. The van der Waals surface area contributed by atoms with Gasteiger partial charge < -0.3 is 4.74 Å². The molecular formula is C23H27N3O4S. The number of benzene rings is 2. The number of rotatable bonds is 8. The molecule has 8 heteroatoms. The van der Waals surface area contributed by atoms with Crippen LogP contribution in [0.5, 0.6) is 0 Å². The Hall–Kier alpha value is -2.81. The fourth-order valence-corrected chi connectivity index (χ4v) is 4.54. The Morgan fingerprint density at radius 2 is 1.77 bits per heavy atom. The topological polar surface area (TPSA) is 88.1 Å². The summed E-state index contributed by atoms with van der Waals surface area (Å²) in [4.78, 5) is 12.3. The van der Waals surface area contributed by atoms with Crippen LogP contribution < -0.4 is 5.43 Å². The van der Waals surface area contributed by atoms with E-state index < -0.39 is 10.0 Å². The van der Waals surface area contributed by atoms with Crippen molar-refractivity contribution in [1.29, 1.82) is 0 Å². The molecule has 1 saturated heterocycles. The van der Waals surface area contributed by atoms with Gasteiger partial charge in [-0.05, 0) is 42.2 Å². The van der Waals surface area contributed by atoms with Crippen LogP contribution in [0.15, 0.2) is 70.2 Å². The average Bonchev–Trinajstić information content (AvgIpc) is 2.79. The van der Waals surface area contributed by atoms with Gasteiger partial charge in [0.05, 0.1) is 24.3 Å². The van der Waals surface area contributed by atoms with Crippen LogP contribution in [0.4, 0.5) is 0 Å². The quantitative estimate of drug-likeness (QED) is 0.504. The van der Waals surface area contributed by atoms with Crippen molar-refractivity contribution in [3.8, 4) is 0 Å². The van der Waals surface area contributed by atoms with E-state index in [1.165, 1.54) is 4.31 Å². The highest BCUT2D eigenvalue weighted by atomic mass is 32.2. The van der Waals surface area contributed by atoms with E-state index in [-0.39, 0.29) is 17.2 Å². The third-order valence-electron chi connectivity index (χ3n) is 4.82. The van der Waals surface area contributed by atoms with Gasteiger partial charge in [-0.25, -0.2) is 13.8 Å². The Bertz CT molecular complexity index is 1030. The molecule has 1 heterocycles. The van der Waals surface area contributed by atoms with Gasteiger partial charge in [-0.1, -0.05) is 48.5 Å². The Kier molecular flexibility index (Phi) is 8.11. The fraction of sp³-hybridized carbons (Fsp3) is 0.304. The molecule has 31 heavy (non-hydrogen) atoms. The molecule has 0 atom stereocenters. The molecule has 1 N–H and O–H groups in total. The van der Waals surface area contributed by atoms with E-state index >= 15 is 0 Å². The largest absolute Gasteiger partial charge is 0.379 e.